The quantitative estimate of drug-likeness (QED) is 0.779. The molecule has 1 aromatic carbocycles. The summed E-state index contributed by atoms with van der Waals surface area (Å²) in [5.74, 6) is -0.339. The second kappa shape index (κ2) is 7.17. The summed E-state index contributed by atoms with van der Waals surface area (Å²) >= 11 is 0. The first-order valence-corrected chi connectivity index (χ1v) is 8.28. The third-order valence-corrected chi connectivity index (χ3v) is 4.04. The van der Waals surface area contributed by atoms with E-state index < -0.39 is 0 Å². The molecule has 0 bridgehead atoms. The average Bonchev–Trinajstić information content (AvgIpc) is 3.03. The van der Waals surface area contributed by atoms with E-state index in [1.165, 1.54) is 0 Å². The van der Waals surface area contributed by atoms with E-state index in [1.807, 2.05) is 38.1 Å². The number of nitrogens with one attached hydrogen (secondary N) is 1. The molecule has 2 aromatic heterocycles. The maximum absolute atomic E-state index is 12.7. The van der Waals surface area contributed by atoms with Crippen molar-refractivity contribution in [2.24, 2.45) is 0 Å². The molecule has 0 aliphatic heterocycles. The molecule has 0 aliphatic carbocycles. The van der Waals surface area contributed by atoms with Gasteiger partial charge in [-0.15, -0.1) is 0 Å². The van der Waals surface area contributed by atoms with E-state index in [9.17, 15) is 9.59 Å². The third-order valence-electron chi connectivity index (χ3n) is 4.04. The van der Waals surface area contributed by atoms with E-state index in [-0.39, 0.29) is 17.6 Å². The molecule has 0 saturated carbocycles. The van der Waals surface area contributed by atoms with Crippen LogP contribution >= 0.6 is 0 Å². The molecular weight excluding hydrogens is 316 g/mol. The number of pyridine rings is 1. The molecule has 0 fully saturated rings. The molecular formula is C19H20N4O2. The highest BCUT2D eigenvalue weighted by atomic mass is 16.2. The first kappa shape index (κ1) is 16.7. The summed E-state index contributed by atoms with van der Waals surface area (Å²) < 4.78 is 1.65. The molecule has 3 aromatic rings. The maximum atomic E-state index is 12.7. The zero-order chi connectivity index (χ0) is 17.8. The number of rotatable bonds is 5. The van der Waals surface area contributed by atoms with Crippen molar-refractivity contribution in [2.45, 2.75) is 13.8 Å². The molecule has 0 radical (unpaired) electrons. The Bertz CT molecular complexity index is 898. The highest BCUT2D eigenvalue weighted by Gasteiger charge is 2.23. The van der Waals surface area contributed by atoms with Crippen LogP contribution in [0.3, 0.4) is 0 Å². The molecule has 0 spiro atoms. The predicted molar refractivity (Wildman–Crippen MR) is 96.8 cm³/mol. The summed E-state index contributed by atoms with van der Waals surface area (Å²) in [6.07, 6.45) is 1.74. The fraction of sp³-hybridized carbons (Fsp3) is 0.211. The molecule has 128 valence electrons. The molecule has 6 heteroatoms. The van der Waals surface area contributed by atoms with Gasteiger partial charge in [0.2, 0.25) is 5.82 Å². The number of amides is 2. The molecule has 2 amide bonds. The Labute approximate surface area is 146 Å². The van der Waals surface area contributed by atoms with Crippen LogP contribution in [0, 0.1) is 0 Å². The van der Waals surface area contributed by atoms with Crippen LogP contribution in [0.15, 0.2) is 54.7 Å². The summed E-state index contributed by atoms with van der Waals surface area (Å²) in [6, 6.07) is 14.6. The van der Waals surface area contributed by atoms with E-state index in [0.717, 1.165) is 0 Å². The van der Waals surface area contributed by atoms with Gasteiger partial charge in [-0.2, -0.15) is 0 Å². The zero-order valence-corrected chi connectivity index (χ0v) is 14.3. The molecule has 2 heterocycles. The van der Waals surface area contributed by atoms with Crippen molar-refractivity contribution in [1.82, 2.24) is 14.3 Å². The van der Waals surface area contributed by atoms with Gasteiger partial charge in [0.05, 0.1) is 5.52 Å². The van der Waals surface area contributed by atoms with Crippen molar-refractivity contribution in [2.75, 3.05) is 18.4 Å². The van der Waals surface area contributed by atoms with Crippen LogP contribution in [0.4, 0.5) is 5.69 Å². The predicted octanol–water partition coefficient (Wildman–Crippen LogP) is 3.07. The SMILES string of the molecule is CCN(CC)C(=O)c1nc(C(=O)Nc2ccccc2)n2ccccc12. The van der Waals surface area contributed by atoms with Gasteiger partial charge in [-0.05, 0) is 38.1 Å². The molecule has 6 nitrogen and oxygen atoms in total. The number of nitrogens with zero attached hydrogens (tertiary/aromatic N) is 3. The Morgan fingerprint density at radius 3 is 2.40 bits per heavy atom. The smallest absolute Gasteiger partial charge is 0.292 e. The number of aromatic nitrogens is 2. The lowest BCUT2D eigenvalue weighted by Crippen LogP contribution is -2.31. The Hall–Kier alpha value is -3.15. The Kier molecular flexibility index (Phi) is 4.79. The number of para-hydroxylation sites is 1. The van der Waals surface area contributed by atoms with E-state index in [1.54, 1.807) is 39.8 Å². The number of benzene rings is 1. The van der Waals surface area contributed by atoms with Crippen molar-refractivity contribution in [1.29, 1.82) is 0 Å². The number of carbonyl (C=O) groups is 2. The summed E-state index contributed by atoms with van der Waals surface area (Å²) in [7, 11) is 0. The first-order chi connectivity index (χ1) is 12.2. The molecule has 0 saturated heterocycles. The minimum Gasteiger partial charge on any atom is -0.338 e. The van der Waals surface area contributed by atoms with Crippen molar-refractivity contribution >= 4 is 23.0 Å². The Balaban J connectivity index is 2.02. The van der Waals surface area contributed by atoms with Gasteiger partial charge >= 0.3 is 0 Å². The second-order valence-corrected chi connectivity index (χ2v) is 5.54. The van der Waals surface area contributed by atoms with Crippen LogP contribution in [0.25, 0.3) is 5.52 Å². The number of hydrogen-bond donors (Lipinski definition) is 1. The van der Waals surface area contributed by atoms with Crippen molar-refractivity contribution in [3.05, 3.63) is 66.2 Å². The largest absolute Gasteiger partial charge is 0.338 e. The summed E-state index contributed by atoms with van der Waals surface area (Å²) in [5, 5.41) is 2.81. The number of carbonyl (C=O) groups excluding carboxylic acids is 2. The molecule has 0 aliphatic rings. The van der Waals surface area contributed by atoms with Gasteiger partial charge in [-0.3, -0.25) is 14.0 Å². The van der Waals surface area contributed by atoms with Crippen LogP contribution in [0.2, 0.25) is 0 Å². The standard InChI is InChI=1S/C19H20N4O2/c1-3-22(4-2)19(25)16-15-12-8-9-13-23(15)17(21-16)18(24)20-14-10-6-5-7-11-14/h5-13H,3-4H2,1-2H3,(H,20,24). The lowest BCUT2D eigenvalue weighted by molar-refractivity contribution is 0.0769. The maximum Gasteiger partial charge on any atom is 0.292 e. The first-order valence-electron chi connectivity index (χ1n) is 8.28. The summed E-state index contributed by atoms with van der Waals surface area (Å²) in [6.45, 7) is 5.02. The summed E-state index contributed by atoms with van der Waals surface area (Å²) in [5.41, 5.74) is 1.59. The molecule has 0 atom stereocenters. The average molecular weight is 336 g/mol. The topological polar surface area (TPSA) is 66.7 Å². The van der Waals surface area contributed by atoms with Crippen LogP contribution in [0.1, 0.15) is 35.0 Å². The third kappa shape index (κ3) is 3.24. The molecule has 3 rings (SSSR count). The minimum atomic E-state index is -0.356. The van der Waals surface area contributed by atoms with E-state index in [0.29, 0.717) is 30.0 Å². The second-order valence-electron chi connectivity index (χ2n) is 5.54. The van der Waals surface area contributed by atoms with Crippen LogP contribution in [0.5, 0.6) is 0 Å². The van der Waals surface area contributed by atoms with Crippen molar-refractivity contribution < 1.29 is 9.59 Å². The van der Waals surface area contributed by atoms with Gasteiger partial charge in [0.25, 0.3) is 11.8 Å². The highest BCUT2D eigenvalue weighted by molar-refractivity contribution is 6.06. The molecule has 1 N–H and O–H groups in total. The fourth-order valence-corrected chi connectivity index (χ4v) is 2.72. The monoisotopic (exact) mass is 336 g/mol. The number of imidazole rings is 1. The van der Waals surface area contributed by atoms with Crippen LogP contribution in [-0.4, -0.2) is 39.2 Å². The Morgan fingerprint density at radius 1 is 1.04 bits per heavy atom. The molecule has 25 heavy (non-hydrogen) atoms. The normalized spacial score (nSPS) is 10.6. The van der Waals surface area contributed by atoms with Crippen LogP contribution < -0.4 is 5.32 Å². The van der Waals surface area contributed by atoms with Crippen molar-refractivity contribution in [3.8, 4) is 0 Å². The number of hydrogen-bond acceptors (Lipinski definition) is 3. The highest BCUT2D eigenvalue weighted by Crippen LogP contribution is 2.17. The van der Waals surface area contributed by atoms with E-state index in [4.69, 9.17) is 0 Å². The lowest BCUT2D eigenvalue weighted by atomic mass is 10.3. The lowest BCUT2D eigenvalue weighted by Gasteiger charge is -2.17. The van der Waals surface area contributed by atoms with E-state index >= 15 is 0 Å². The van der Waals surface area contributed by atoms with Gasteiger partial charge in [0, 0.05) is 25.0 Å². The summed E-state index contributed by atoms with van der Waals surface area (Å²) in [4.78, 5) is 31.4. The fourth-order valence-electron chi connectivity index (χ4n) is 2.72. The van der Waals surface area contributed by atoms with Gasteiger partial charge in [0.1, 0.15) is 0 Å². The minimum absolute atomic E-state index is 0.174. The zero-order valence-electron chi connectivity index (χ0n) is 14.3. The van der Waals surface area contributed by atoms with Crippen LogP contribution in [-0.2, 0) is 0 Å². The van der Waals surface area contributed by atoms with Gasteiger partial charge in [-0.25, -0.2) is 4.98 Å². The molecule has 0 unspecified atom stereocenters. The van der Waals surface area contributed by atoms with E-state index in [2.05, 4.69) is 10.3 Å². The van der Waals surface area contributed by atoms with Gasteiger partial charge in [0.15, 0.2) is 5.69 Å². The number of fused-ring (bicyclic) bond motifs is 1. The van der Waals surface area contributed by atoms with Crippen molar-refractivity contribution in [3.63, 3.8) is 0 Å². The van der Waals surface area contributed by atoms with Gasteiger partial charge < -0.3 is 10.2 Å². The Morgan fingerprint density at radius 2 is 1.72 bits per heavy atom. The van der Waals surface area contributed by atoms with Gasteiger partial charge in [-0.1, -0.05) is 24.3 Å². The number of anilines is 1.